The van der Waals surface area contributed by atoms with Gasteiger partial charge in [-0.15, -0.1) is 0 Å². The van der Waals surface area contributed by atoms with E-state index < -0.39 is 0 Å². The van der Waals surface area contributed by atoms with E-state index in [0.717, 1.165) is 18.2 Å². The van der Waals surface area contributed by atoms with Gasteiger partial charge in [0, 0.05) is 13.6 Å². The lowest BCUT2D eigenvalue weighted by Gasteiger charge is -2.19. The van der Waals surface area contributed by atoms with E-state index in [1.807, 2.05) is 18.3 Å². The van der Waals surface area contributed by atoms with E-state index in [2.05, 4.69) is 30.8 Å². The molecule has 1 rings (SSSR count). The molecule has 0 spiro atoms. The minimum absolute atomic E-state index is 0.575. The maximum absolute atomic E-state index is 5.52. The average Bonchev–Trinajstić information content (AvgIpc) is 2.15. The van der Waals surface area contributed by atoms with E-state index in [9.17, 15) is 0 Å². The molecule has 0 fully saturated rings. The molecule has 1 heterocycles. The zero-order valence-corrected chi connectivity index (χ0v) is 9.20. The molecule has 14 heavy (non-hydrogen) atoms. The van der Waals surface area contributed by atoms with Crippen LogP contribution in [0.25, 0.3) is 0 Å². The summed E-state index contributed by atoms with van der Waals surface area (Å²) < 4.78 is 0. The molecule has 3 heteroatoms. The van der Waals surface area contributed by atoms with E-state index in [-0.39, 0.29) is 0 Å². The van der Waals surface area contributed by atoms with Gasteiger partial charge in [-0.3, -0.25) is 0 Å². The van der Waals surface area contributed by atoms with E-state index >= 15 is 0 Å². The van der Waals surface area contributed by atoms with Crippen molar-refractivity contribution in [3.05, 3.63) is 18.3 Å². The van der Waals surface area contributed by atoms with E-state index in [1.165, 1.54) is 6.42 Å². The topological polar surface area (TPSA) is 42.1 Å². The van der Waals surface area contributed by atoms with Crippen LogP contribution >= 0.6 is 0 Å². The molecule has 0 aliphatic rings. The minimum Gasteiger partial charge on any atom is -0.384 e. The van der Waals surface area contributed by atoms with Crippen LogP contribution in [0.2, 0.25) is 0 Å². The first-order chi connectivity index (χ1) is 6.59. The first-order valence-electron chi connectivity index (χ1n) is 5.02. The van der Waals surface area contributed by atoms with Gasteiger partial charge in [-0.05, 0) is 24.5 Å². The summed E-state index contributed by atoms with van der Waals surface area (Å²) >= 11 is 0. The van der Waals surface area contributed by atoms with Gasteiger partial charge in [0.15, 0.2) is 0 Å². The number of nitrogens with two attached hydrogens (primary N) is 1. The quantitative estimate of drug-likeness (QED) is 0.796. The van der Waals surface area contributed by atoms with Gasteiger partial charge in [-0.1, -0.05) is 13.8 Å². The molecule has 0 bridgehead atoms. The Morgan fingerprint density at radius 2 is 2.14 bits per heavy atom. The molecule has 2 N–H and O–H groups in total. The Labute approximate surface area is 85.9 Å². The first-order valence-corrected chi connectivity index (χ1v) is 5.02. The van der Waals surface area contributed by atoms with Crippen molar-refractivity contribution < 1.29 is 0 Å². The van der Waals surface area contributed by atoms with Crippen LogP contribution < -0.4 is 10.6 Å². The zero-order chi connectivity index (χ0) is 10.6. The standard InChI is InChI=1S/C11H19N3/c1-9(2)6-7-14(3)10-4-5-11(12)13-8-10/h4-5,8-9H,6-7H2,1-3H3,(H2,12,13). The largest absolute Gasteiger partial charge is 0.384 e. The van der Waals surface area contributed by atoms with Gasteiger partial charge < -0.3 is 10.6 Å². The second-order valence-corrected chi connectivity index (χ2v) is 4.05. The Morgan fingerprint density at radius 1 is 1.43 bits per heavy atom. The van der Waals surface area contributed by atoms with Gasteiger partial charge in [-0.25, -0.2) is 4.98 Å². The molecule has 0 amide bonds. The fourth-order valence-corrected chi connectivity index (χ4v) is 1.20. The maximum Gasteiger partial charge on any atom is 0.123 e. The predicted molar refractivity (Wildman–Crippen MR) is 61.4 cm³/mol. The monoisotopic (exact) mass is 193 g/mol. The van der Waals surface area contributed by atoms with Crippen molar-refractivity contribution in [2.45, 2.75) is 20.3 Å². The molecule has 3 nitrogen and oxygen atoms in total. The van der Waals surface area contributed by atoms with Crippen LogP contribution in [0.1, 0.15) is 20.3 Å². The van der Waals surface area contributed by atoms with Crippen LogP contribution in [0.15, 0.2) is 18.3 Å². The highest BCUT2D eigenvalue weighted by molar-refractivity contribution is 5.47. The maximum atomic E-state index is 5.52. The van der Waals surface area contributed by atoms with Crippen molar-refractivity contribution in [1.82, 2.24) is 4.98 Å². The van der Waals surface area contributed by atoms with Crippen molar-refractivity contribution >= 4 is 11.5 Å². The van der Waals surface area contributed by atoms with E-state index in [1.54, 1.807) is 0 Å². The smallest absolute Gasteiger partial charge is 0.123 e. The third-order valence-corrected chi connectivity index (χ3v) is 2.25. The summed E-state index contributed by atoms with van der Waals surface area (Å²) in [6.45, 7) is 5.52. The second-order valence-electron chi connectivity index (χ2n) is 4.05. The third kappa shape index (κ3) is 3.24. The number of anilines is 2. The summed E-state index contributed by atoms with van der Waals surface area (Å²) in [6, 6.07) is 3.84. The molecule has 1 aromatic rings. The van der Waals surface area contributed by atoms with Crippen LogP contribution in [0.4, 0.5) is 11.5 Å². The van der Waals surface area contributed by atoms with Crippen molar-refractivity contribution in [2.75, 3.05) is 24.2 Å². The van der Waals surface area contributed by atoms with Crippen molar-refractivity contribution in [3.8, 4) is 0 Å². The van der Waals surface area contributed by atoms with E-state index in [4.69, 9.17) is 5.73 Å². The number of hydrogen-bond acceptors (Lipinski definition) is 3. The number of aromatic nitrogens is 1. The normalized spacial score (nSPS) is 10.6. The average molecular weight is 193 g/mol. The number of pyridine rings is 1. The minimum atomic E-state index is 0.575. The van der Waals surface area contributed by atoms with Crippen molar-refractivity contribution in [1.29, 1.82) is 0 Å². The summed E-state index contributed by atoms with van der Waals surface area (Å²) in [4.78, 5) is 6.26. The molecule has 0 aliphatic heterocycles. The van der Waals surface area contributed by atoms with Gasteiger partial charge in [0.2, 0.25) is 0 Å². The molecular formula is C11H19N3. The van der Waals surface area contributed by atoms with Crippen molar-refractivity contribution in [3.63, 3.8) is 0 Å². The highest BCUT2D eigenvalue weighted by Gasteiger charge is 2.02. The van der Waals surface area contributed by atoms with Gasteiger partial charge in [-0.2, -0.15) is 0 Å². The molecular weight excluding hydrogens is 174 g/mol. The summed E-state index contributed by atoms with van der Waals surface area (Å²) in [5, 5.41) is 0. The lowest BCUT2D eigenvalue weighted by Crippen LogP contribution is -2.19. The van der Waals surface area contributed by atoms with Crippen LogP contribution in [0, 0.1) is 5.92 Å². The Balaban J connectivity index is 2.52. The lowest BCUT2D eigenvalue weighted by atomic mass is 10.1. The number of rotatable bonds is 4. The highest BCUT2D eigenvalue weighted by Crippen LogP contribution is 2.13. The fourth-order valence-electron chi connectivity index (χ4n) is 1.20. The summed E-state index contributed by atoms with van der Waals surface area (Å²) in [5.74, 6) is 1.31. The van der Waals surface area contributed by atoms with Gasteiger partial charge in [0.25, 0.3) is 0 Å². The van der Waals surface area contributed by atoms with Gasteiger partial charge in [0.1, 0.15) is 5.82 Å². The number of hydrogen-bond donors (Lipinski definition) is 1. The summed E-state index contributed by atoms with van der Waals surface area (Å²) in [7, 11) is 2.08. The zero-order valence-electron chi connectivity index (χ0n) is 9.20. The first kappa shape index (κ1) is 10.8. The molecule has 0 saturated heterocycles. The van der Waals surface area contributed by atoms with Gasteiger partial charge in [0.05, 0.1) is 11.9 Å². The summed E-state index contributed by atoms with van der Waals surface area (Å²) in [5.41, 5.74) is 6.64. The lowest BCUT2D eigenvalue weighted by molar-refractivity contribution is 0.585. The highest BCUT2D eigenvalue weighted by atomic mass is 15.1. The van der Waals surface area contributed by atoms with E-state index in [0.29, 0.717) is 5.82 Å². The molecule has 0 aromatic carbocycles. The van der Waals surface area contributed by atoms with Crippen molar-refractivity contribution in [2.24, 2.45) is 5.92 Å². The molecule has 0 aliphatic carbocycles. The molecule has 0 atom stereocenters. The molecule has 1 aromatic heterocycles. The molecule has 0 radical (unpaired) electrons. The predicted octanol–water partition coefficient (Wildman–Crippen LogP) is 2.15. The molecule has 0 unspecified atom stereocenters. The molecule has 0 saturated carbocycles. The van der Waals surface area contributed by atoms with Crippen LogP contribution in [0.3, 0.4) is 0 Å². The third-order valence-electron chi connectivity index (χ3n) is 2.25. The number of nitrogens with zero attached hydrogens (tertiary/aromatic N) is 2. The van der Waals surface area contributed by atoms with Crippen LogP contribution in [0.5, 0.6) is 0 Å². The van der Waals surface area contributed by atoms with Crippen LogP contribution in [-0.2, 0) is 0 Å². The summed E-state index contributed by atoms with van der Waals surface area (Å²) in [6.07, 6.45) is 3.01. The second kappa shape index (κ2) is 4.84. The Morgan fingerprint density at radius 3 is 2.64 bits per heavy atom. The van der Waals surface area contributed by atoms with Crippen LogP contribution in [-0.4, -0.2) is 18.6 Å². The molecule has 78 valence electrons. The SMILES string of the molecule is CC(C)CCN(C)c1ccc(N)nc1. The number of nitrogen functional groups attached to an aromatic ring is 1. The van der Waals surface area contributed by atoms with Gasteiger partial charge >= 0.3 is 0 Å². The fraction of sp³-hybridized carbons (Fsp3) is 0.545. The Bertz CT molecular complexity index is 266. The Kier molecular flexibility index (Phi) is 3.74. The Hall–Kier alpha value is -1.25.